The van der Waals surface area contributed by atoms with Crippen LogP contribution in [0.1, 0.15) is 56.2 Å². The van der Waals surface area contributed by atoms with Crippen LogP contribution in [0.25, 0.3) is 43.8 Å². The zero-order chi connectivity index (χ0) is 28.5. The molecule has 4 heteroatoms. The van der Waals surface area contributed by atoms with Crippen LogP contribution in [0.15, 0.2) is 115 Å². The molecule has 44 heavy (non-hydrogen) atoms. The molecule has 0 saturated heterocycles. The van der Waals surface area contributed by atoms with Gasteiger partial charge in [0, 0.05) is 0 Å². The molecule has 0 spiro atoms. The molecule has 0 amide bonds. The minimum atomic E-state index is 0. The molecule has 232 valence electrons. The quantitative estimate of drug-likeness (QED) is 0.119. The van der Waals surface area contributed by atoms with E-state index in [2.05, 4.69) is 150 Å². The van der Waals surface area contributed by atoms with E-state index in [4.69, 9.17) is 0 Å². The second-order valence-electron chi connectivity index (χ2n) is 10.7. The summed E-state index contributed by atoms with van der Waals surface area (Å²) in [5.74, 6) is 0.584. The first-order valence-electron chi connectivity index (χ1n) is 14.3. The molecular formula is C40H46Cl2SiZr-4. The van der Waals surface area contributed by atoms with E-state index in [1.165, 1.54) is 103 Å². The predicted molar refractivity (Wildman–Crippen MR) is 200 cm³/mol. The van der Waals surface area contributed by atoms with Gasteiger partial charge < -0.3 is 14.9 Å². The van der Waals surface area contributed by atoms with Crippen molar-refractivity contribution in [1.82, 2.24) is 0 Å². The van der Waals surface area contributed by atoms with Gasteiger partial charge in [-0.1, -0.05) is 131 Å². The molecule has 0 aliphatic rings. The number of benzene rings is 4. The van der Waals surface area contributed by atoms with Crippen molar-refractivity contribution in [2.24, 2.45) is 0 Å². The summed E-state index contributed by atoms with van der Waals surface area (Å²) < 4.78 is 0. The molecule has 0 heterocycles. The van der Waals surface area contributed by atoms with Gasteiger partial charge >= 0.3 is 30.2 Å². The van der Waals surface area contributed by atoms with Gasteiger partial charge in [0.25, 0.3) is 0 Å². The summed E-state index contributed by atoms with van der Waals surface area (Å²) >= 11 is 1.36. The molecule has 0 aliphatic heterocycles. The number of hydrogen-bond acceptors (Lipinski definition) is 0. The Morgan fingerprint density at radius 3 is 1.80 bits per heavy atom. The van der Waals surface area contributed by atoms with E-state index in [1.54, 1.807) is 0 Å². The Morgan fingerprint density at radius 2 is 1.25 bits per heavy atom. The SMILES string of the molecule is CC(C)c1cc2c(-c3ccccc3)cccc2[cH-]1.CCCCc1ccc(-c2ccccc2)c2cc(C)[cH-]c12.Cl.Cl.[CH3-].[CH3-].[Si]=[Zr]. The molecule has 0 N–H and O–H groups in total. The van der Waals surface area contributed by atoms with Gasteiger partial charge in [-0.3, -0.25) is 0 Å². The van der Waals surface area contributed by atoms with Gasteiger partial charge in [0.1, 0.15) is 0 Å². The van der Waals surface area contributed by atoms with E-state index in [0.29, 0.717) is 5.92 Å². The number of aryl methyl sites for hydroxylation is 2. The zero-order valence-electron chi connectivity index (χ0n) is 27.0. The van der Waals surface area contributed by atoms with E-state index in [9.17, 15) is 0 Å². The molecule has 2 radical (unpaired) electrons. The molecular weight excluding hydrogens is 671 g/mol. The summed E-state index contributed by atoms with van der Waals surface area (Å²) in [6.45, 7) is 12.0. The van der Waals surface area contributed by atoms with Crippen LogP contribution < -0.4 is 0 Å². The average Bonchev–Trinajstić information content (AvgIpc) is 3.62. The summed E-state index contributed by atoms with van der Waals surface area (Å²) in [7, 11) is 0. The third-order valence-electron chi connectivity index (χ3n) is 7.53. The van der Waals surface area contributed by atoms with E-state index >= 15 is 0 Å². The van der Waals surface area contributed by atoms with Crippen molar-refractivity contribution in [3.63, 3.8) is 0 Å². The zero-order valence-corrected chi connectivity index (χ0v) is 32.1. The minimum absolute atomic E-state index is 0. The molecule has 0 unspecified atom stereocenters. The van der Waals surface area contributed by atoms with Gasteiger partial charge in [0.05, 0.1) is 0 Å². The van der Waals surface area contributed by atoms with Crippen LogP contribution in [0.4, 0.5) is 0 Å². The number of unbranched alkanes of at least 4 members (excludes halogenated alkanes) is 1. The normalized spacial score (nSPS) is 9.73. The number of fused-ring (bicyclic) bond motifs is 2. The van der Waals surface area contributed by atoms with Crippen molar-refractivity contribution in [1.29, 1.82) is 0 Å². The van der Waals surface area contributed by atoms with Crippen LogP contribution in [0.5, 0.6) is 0 Å². The standard InChI is InChI=1S/C20H21.C18H17.2CH3.2ClH.Si.Zr/c1-3-4-8-17-11-12-18(16-9-6-5-7-10-16)20-14-15(2)13-19(17)20;1-13(2)16-11-15-9-6-10-17(18(15)12-16)14-7-4-3-5-8-14;;;;;;/h5-7,9-14H,3-4,8H2,1-2H3;3-13H,1-2H3;2*1H3;2*1H;;/q4*-1;;;;. The Bertz CT molecular complexity index is 1650. The Kier molecular flexibility index (Phi) is 19.7. The van der Waals surface area contributed by atoms with Crippen LogP contribution in [0.3, 0.4) is 0 Å². The average molecular weight is 717 g/mol. The Labute approximate surface area is 296 Å². The summed E-state index contributed by atoms with van der Waals surface area (Å²) in [5.41, 5.74) is 9.58. The molecule has 6 aromatic rings. The van der Waals surface area contributed by atoms with Gasteiger partial charge in [-0.2, -0.15) is 12.1 Å². The summed E-state index contributed by atoms with van der Waals surface area (Å²) in [4.78, 5) is 0. The van der Waals surface area contributed by atoms with Crippen molar-refractivity contribution in [3.8, 4) is 22.3 Å². The summed E-state index contributed by atoms with van der Waals surface area (Å²) in [5, 5.41) is 5.56. The first kappa shape index (κ1) is 41.8. The summed E-state index contributed by atoms with van der Waals surface area (Å²) in [6, 6.07) is 41.8. The van der Waals surface area contributed by atoms with Gasteiger partial charge in [-0.25, -0.2) is 0 Å². The van der Waals surface area contributed by atoms with Crippen molar-refractivity contribution in [3.05, 3.63) is 147 Å². The fourth-order valence-electron chi connectivity index (χ4n) is 5.42. The van der Waals surface area contributed by atoms with E-state index < -0.39 is 0 Å². The Morgan fingerprint density at radius 1 is 0.682 bits per heavy atom. The van der Waals surface area contributed by atoms with Crippen LogP contribution >= 0.6 is 24.8 Å². The van der Waals surface area contributed by atoms with Crippen molar-refractivity contribution in [2.45, 2.75) is 52.9 Å². The molecule has 0 aromatic heterocycles. The first-order valence-corrected chi connectivity index (χ1v) is 18.5. The molecule has 6 rings (SSSR count). The Balaban J connectivity index is 0.000000735. The second kappa shape index (κ2) is 20.7. The van der Waals surface area contributed by atoms with Crippen molar-refractivity contribution >= 4 is 53.2 Å². The first-order chi connectivity index (χ1) is 19.5. The van der Waals surface area contributed by atoms with Gasteiger partial charge in [0.2, 0.25) is 0 Å². The number of halogens is 2. The molecule has 0 fully saturated rings. The van der Waals surface area contributed by atoms with E-state index in [0.717, 1.165) is 0 Å². The van der Waals surface area contributed by atoms with Crippen LogP contribution in [-0.2, 0) is 29.8 Å². The Hall–Kier alpha value is -2.22. The fraction of sp³-hybridized carbons (Fsp3) is 0.200. The second-order valence-corrected chi connectivity index (χ2v) is 10.7. The molecule has 0 aliphatic carbocycles. The fourth-order valence-corrected chi connectivity index (χ4v) is 5.42. The molecule has 0 saturated carbocycles. The van der Waals surface area contributed by atoms with Crippen LogP contribution in [0, 0.1) is 21.8 Å². The van der Waals surface area contributed by atoms with Crippen LogP contribution in [0.2, 0.25) is 0 Å². The number of rotatable bonds is 6. The third kappa shape index (κ3) is 10.1. The maximum absolute atomic E-state index is 3.06. The van der Waals surface area contributed by atoms with Crippen LogP contribution in [-0.4, -0.2) is 6.88 Å². The monoisotopic (exact) mass is 714 g/mol. The van der Waals surface area contributed by atoms with Gasteiger partial charge in [-0.05, 0) is 17.0 Å². The summed E-state index contributed by atoms with van der Waals surface area (Å²) in [6.07, 6.45) is 3.71. The maximum atomic E-state index is 3.06. The molecule has 0 atom stereocenters. The number of hydrogen-bond donors (Lipinski definition) is 0. The third-order valence-corrected chi connectivity index (χ3v) is 7.53. The molecule has 0 bridgehead atoms. The predicted octanol–water partition coefficient (Wildman–Crippen LogP) is 12.6. The van der Waals surface area contributed by atoms with E-state index in [-0.39, 0.29) is 39.7 Å². The van der Waals surface area contributed by atoms with Gasteiger partial charge in [0.15, 0.2) is 0 Å². The van der Waals surface area contributed by atoms with E-state index in [1.807, 2.05) is 0 Å². The van der Waals surface area contributed by atoms with Crippen molar-refractivity contribution < 1.29 is 23.3 Å². The van der Waals surface area contributed by atoms with Gasteiger partial charge in [-0.15, -0.1) is 93.4 Å². The van der Waals surface area contributed by atoms with Crippen molar-refractivity contribution in [2.75, 3.05) is 0 Å². The molecule has 6 aromatic carbocycles. The topological polar surface area (TPSA) is 0 Å². The molecule has 0 nitrogen and oxygen atoms in total.